The summed E-state index contributed by atoms with van der Waals surface area (Å²) in [4.78, 5) is 0. The summed E-state index contributed by atoms with van der Waals surface area (Å²) in [5.41, 5.74) is 1.66. The summed E-state index contributed by atoms with van der Waals surface area (Å²) in [6.45, 7) is 0. The van der Waals surface area contributed by atoms with Crippen molar-refractivity contribution in [1.29, 1.82) is 0 Å². The molecule has 0 saturated carbocycles. The molecule has 2 aromatic carbocycles. The van der Waals surface area contributed by atoms with E-state index in [0.717, 1.165) is 11.1 Å². The van der Waals surface area contributed by atoms with Gasteiger partial charge in [-0.15, -0.1) is 0 Å². The first-order valence-corrected chi connectivity index (χ1v) is 6.16. The average molecular weight is 258 g/mol. The standard InChI is InChI=1S/C16H18O3/c1-18-14-11-7-6-10-13(14)16(19-2)15(17)12-8-4-3-5-9-12/h3-11,15-17H,1-2H3. The van der Waals surface area contributed by atoms with Gasteiger partial charge in [0.15, 0.2) is 0 Å². The van der Waals surface area contributed by atoms with Crippen LogP contribution in [-0.2, 0) is 4.74 Å². The molecule has 0 aromatic heterocycles. The summed E-state index contributed by atoms with van der Waals surface area (Å²) in [7, 11) is 3.20. The topological polar surface area (TPSA) is 38.7 Å². The van der Waals surface area contributed by atoms with Gasteiger partial charge in [-0.2, -0.15) is 0 Å². The fraction of sp³-hybridized carbons (Fsp3) is 0.250. The fourth-order valence-electron chi connectivity index (χ4n) is 2.15. The molecule has 3 nitrogen and oxygen atoms in total. The number of ether oxygens (including phenoxy) is 2. The summed E-state index contributed by atoms with van der Waals surface area (Å²) >= 11 is 0. The van der Waals surface area contributed by atoms with Crippen molar-refractivity contribution in [3.8, 4) is 5.75 Å². The number of methoxy groups -OCH3 is 2. The number of aliphatic hydroxyl groups is 1. The van der Waals surface area contributed by atoms with Gasteiger partial charge in [-0.25, -0.2) is 0 Å². The number of hydrogen-bond acceptors (Lipinski definition) is 3. The molecular formula is C16H18O3. The second-order valence-corrected chi connectivity index (χ2v) is 4.25. The van der Waals surface area contributed by atoms with Crippen molar-refractivity contribution in [3.63, 3.8) is 0 Å². The van der Waals surface area contributed by atoms with Crippen LogP contribution >= 0.6 is 0 Å². The average Bonchev–Trinajstić information content (AvgIpc) is 2.49. The van der Waals surface area contributed by atoms with Crippen molar-refractivity contribution in [2.45, 2.75) is 12.2 Å². The van der Waals surface area contributed by atoms with Gasteiger partial charge in [0.1, 0.15) is 18.0 Å². The van der Waals surface area contributed by atoms with E-state index in [1.165, 1.54) is 0 Å². The maximum atomic E-state index is 10.5. The molecule has 2 unspecified atom stereocenters. The van der Waals surface area contributed by atoms with E-state index >= 15 is 0 Å². The van der Waals surface area contributed by atoms with Crippen LogP contribution in [-0.4, -0.2) is 19.3 Å². The monoisotopic (exact) mass is 258 g/mol. The van der Waals surface area contributed by atoms with Crippen LogP contribution in [0.3, 0.4) is 0 Å². The molecule has 0 saturated heterocycles. The summed E-state index contributed by atoms with van der Waals surface area (Å²) in [5, 5.41) is 10.5. The molecule has 2 aromatic rings. The number of benzene rings is 2. The van der Waals surface area contributed by atoms with Crippen molar-refractivity contribution in [3.05, 3.63) is 65.7 Å². The van der Waals surface area contributed by atoms with Gasteiger partial charge in [-0.3, -0.25) is 0 Å². The Labute approximate surface area is 113 Å². The van der Waals surface area contributed by atoms with Gasteiger partial charge in [-0.05, 0) is 11.6 Å². The lowest BCUT2D eigenvalue weighted by Gasteiger charge is -2.24. The Morgan fingerprint density at radius 3 is 2.16 bits per heavy atom. The minimum absolute atomic E-state index is 0.460. The number of hydrogen-bond donors (Lipinski definition) is 1. The molecule has 0 amide bonds. The highest BCUT2D eigenvalue weighted by atomic mass is 16.5. The molecule has 0 aliphatic carbocycles. The minimum atomic E-state index is -0.734. The first kappa shape index (κ1) is 13.6. The van der Waals surface area contributed by atoms with Crippen LogP contribution in [0.4, 0.5) is 0 Å². The Kier molecular flexibility index (Phi) is 4.55. The van der Waals surface area contributed by atoms with E-state index in [-0.39, 0.29) is 0 Å². The van der Waals surface area contributed by atoms with Crippen LogP contribution < -0.4 is 4.74 Å². The molecular weight excluding hydrogens is 240 g/mol. The second kappa shape index (κ2) is 6.36. The van der Waals surface area contributed by atoms with Crippen molar-refractivity contribution < 1.29 is 14.6 Å². The lowest BCUT2D eigenvalue weighted by Crippen LogP contribution is -2.13. The third-order valence-electron chi connectivity index (χ3n) is 3.13. The zero-order chi connectivity index (χ0) is 13.7. The Morgan fingerprint density at radius 1 is 0.895 bits per heavy atom. The van der Waals surface area contributed by atoms with E-state index in [0.29, 0.717) is 5.75 Å². The minimum Gasteiger partial charge on any atom is -0.496 e. The van der Waals surface area contributed by atoms with Gasteiger partial charge in [-0.1, -0.05) is 48.5 Å². The van der Waals surface area contributed by atoms with Gasteiger partial charge in [0, 0.05) is 12.7 Å². The second-order valence-electron chi connectivity index (χ2n) is 4.25. The van der Waals surface area contributed by atoms with Crippen molar-refractivity contribution in [2.75, 3.05) is 14.2 Å². The van der Waals surface area contributed by atoms with E-state index in [1.54, 1.807) is 14.2 Å². The third kappa shape index (κ3) is 2.95. The van der Waals surface area contributed by atoms with Gasteiger partial charge >= 0.3 is 0 Å². The summed E-state index contributed by atoms with van der Waals surface area (Å²) in [6.07, 6.45) is -1.19. The summed E-state index contributed by atoms with van der Waals surface area (Å²) in [5.74, 6) is 0.712. The molecule has 100 valence electrons. The van der Waals surface area contributed by atoms with Gasteiger partial charge in [0.2, 0.25) is 0 Å². The Balaban J connectivity index is 2.34. The molecule has 0 fully saturated rings. The highest BCUT2D eigenvalue weighted by molar-refractivity contribution is 5.37. The smallest absolute Gasteiger partial charge is 0.124 e. The molecule has 0 bridgehead atoms. The number of rotatable bonds is 5. The quantitative estimate of drug-likeness (QED) is 0.895. The first-order valence-electron chi connectivity index (χ1n) is 6.16. The predicted molar refractivity (Wildman–Crippen MR) is 74.1 cm³/mol. The van der Waals surface area contributed by atoms with Crippen molar-refractivity contribution in [2.24, 2.45) is 0 Å². The molecule has 0 aliphatic heterocycles. The lowest BCUT2D eigenvalue weighted by atomic mass is 9.97. The maximum absolute atomic E-state index is 10.5. The fourth-order valence-corrected chi connectivity index (χ4v) is 2.15. The molecule has 2 rings (SSSR count). The first-order chi connectivity index (χ1) is 9.27. The van der Waals surface area contributed by atoms with E-state index in [2.05, 4.69) is 0 Å². The Hall–Kier alpha value is -1.84. The largest absolute Gasteiger partial charge is 0.496 e. The molecule has 3 heteroatoms. The molecule has 2 atom stereocenters. The van der Waals surface area contributed by atoms with Crippen molar-refractivity contribution >= 4 is 0 Å². The van der Waals surface area contributed by atoms with Crippen LogP contribution in [0.1, 0.15) is 23.3 Å². The number of para-hydroxylation sites is 1. The zero-order valence-corrected chi connectivity index (χ0v) is 11.1. The van der Waals surface area contributed by atoms with Crippen molar-refractivity contribution in [1.82, 2.24) is 0 Å². The normalized spacial score (nSPS) is 13.8. The van der Waals surface area contributed by atoms with Gasteiger partial charge < -0.3 is 14.6 Å². The van der Waals surface area contributed by atoms with Gasteiger partial charge in [0.25, 0.3) is 0 Å². The maximum Gasteiger partial charge on any atom is 0.124 e. The summed E-state index contributed by atoms with van der Waals surface area (Å²) < 4.78 is 10.8. The predicted octanol–water partition coefficient (Wildman–Crippen LogP) is 3.12. The number of aliphatic hydroxyl groups excluding tert-OH is 1. The molecule has 19 heavy (non-hydrogen) atoms. The third-order valence-corrected chi connectivity index (χ3v) is 3.13. The highest BCUT2D eigenvalue weighted by Crippen LogP contribution is 2.36. The van der Waals surface area contributed by atoms with E-state index in [9.17, 15) is 5.11 Å². The van der Waals surface area contributed by atoms with Crippen LogP contribution in [0.15, 0.2) is 54.6 Å². The molecule has 0 aliphatic rings. The highest BCUT2D eigenvalue weighted by Gasteiger charge is 2.24. The Morgan fingerprint density at radius 2 is 1.53 bits per heavy atom. The summed E-state index contributed by atoms with van der Waals surface area (Å²) in [6, 6.07) is 17.0. The van der Waals surface area contributed by atoms with E-state index in [4.69, 9.17) is 9.47 Å². The van der Waals surface area contributed by atoms with Crippen LogP contribution in [0.25, 0.3) is 0 Å². The lowest BCUT2D eigenvalue weighted by molar-refractivity contribution is -0.0161. The molecule has 0 heterocycles. The zero-order valence-electron chi connectivity index (χ0n) is 11.1. The van der Waals surface area contributed by atoms with Gasteiger partial charge in [0.05, 0.1) is 7.11 Å². The Bertz CT molecular complexity index is 510. The molecule has 0 spiro atoms. The van der Waals surface area contributed by atoms with Crippen LogP contribution in [0.5, 0.6) is 5.75 Å². The SMILES string of the molecule is COc1ccccc1C(OC)C(O)c1ccccc1. The molecule has 0 radical (unpaired) electrons. The van der Waals surface area contributed by atoms with E-state index in [1.807, 2.05) is 54.6 Å². The van der Waals surface area contributed by atoms with Crippen LogP contribution in [0.2, 0.25) is 0 Å². The van der Waals surface area contributed by atoms with E-state index < -0.39 is 12.2 Å². The molecule has 1 N–H and O–H groups in total. The van der Waals surface area contributed by atoms with Crippen LogP contribution in [0, 0.1) is 0 Å².